The topological polar surface area (TPSA) is 17.1 Å². The molecule has 0 saturated carbocycles. The van der Waals surface area contributed by atoms with Gasteiger partial charge in [0, 0.05) is 10.9 Å². The van der Waals surface area contributed by atoms with Crippen LogP contribution in [0.15, 0.2) is 36.4 Å². The predicted octanol–water partition coefficient (Wildman–Crippen LogP) is 4.11. The third-order valence-electron chi connectivity index (χ3n) is 2.34. The monoisotopic (exact) mass is 282 g/mol. The molecular weight excluding hydrogens is 275 g/mol. The Hall–Kier alpha value is -0.860. The number of alkyl halides is 1. The van der Waals surface area contributed by atoms with E-state index in [1.54, 1.807) is 6.07 Å². The Morgan fingerprint density at radius 2 is 2.07 bits per heavy atom. The van der Waals surface area contributed by atoms with Crippen LogP contribution in [-0.4, -0.2) is 5.24 Å². The maximum Gasteiger partial charge on any atom is 0.252 e. The second-order valence-electron chi connectivity index (χ2n) is 3.26. The Kier molecular flexibility index (Phi) is 3.08. The van der Waals surface area contributed by atoms with Gasteiger partial charge >= 0.3 is 0 Å². The summed E-state index contributed by atoms with van der Waals surface area (Å²) in [5.41, 5.74) is 1.70. The van der Waals surface area contributed by atoms with Crippen LogP contribution in [0.5, 0.6) is 0 Å². The van der Waals surface area contributed by atoms with E-state index in [1.807, 2.05) is 30.3 Å². The summed E-state index contributed by atoms with van der Waals surface area (Å²) >= 11 is 8.87. The molecule has 0 N–H and O–H groups in total. The summed E-state index contributed by atoms with van der Waals surface area (Å²) in [7, 11) is 0. The maximum absolute atomic E-state index is 11.0. The first-order valence-electron chi connectivity index (χ1n) is 4.50. The first-order valence-corrected chi connectivity index (χ1v) is 6.00. The Balaban J connectivity index is 2.72. The van der Waals surface area contributed by atoms with Crippen LogP contribution >= 0.6 is 27.5 Å². The molecule has 0 atom stereocenters. The number of halogens is 2. The zero-order valence-electron chi connectivity index (χ0n) is 7.84. The van der Waals surface area contributed by atoms with E-state index in [2.05, 4.69) is 15.9 Å². The molecule has 0 spiro atoms. The Morgan fingerprint density at radius 3 is 2.73 bits per heavy atom. The predicted molar refractivity (Wildman–Crippen MR) is 66.8 cm³/mol. The number of hydrogen-bond acceptors (Lipinski definition) is 1. The van der Waals surface area contributed by atoms with Gasteiger partial charge < -0.3 is 0 Å². The molecule has 0 unspecified atom stereocenters. The summed E-state index contributed by atoms with van der Waals surface area (Å²) in [6.07, 6.45) is 0. The van der Waals surface area contributed by atoms with Crippen molar-refractivity contribution >= 4 is 43.5 Å². The van der Waals surface area contributed by atoms with Crippen LogP contribution in [0, 0.1) is 0 Å². The SMILES string of the molecule is O=C(Cl)c1ccc2cccc(CBr)c2c1. The van der Waals surface area contributed by atoms with Crippen molar-refractivity contribution in [3.05, 3.63) is 47.5 Å². The van der Waals surface area contributed by atoms with E-state index in [1.165, 1.54) is 0 Å². The van der Waals surface area contributed by atoms with Gasteiger partial charge in [0.05, 0.1) is 0 Å². The first-order chi connectivity index (χ1) is 7.22. The number of fused-ring (bicyclic) bond motifs is 1. The van der Waals surface area contributed by atoms with Gasteiger partial charge in [-0.3, -0.25) is 4.79 Å². The number of carbonyl (C=O) groups is 1. The van der Waals surface area contributed by atoms with Gasteiger partial charge in [-0.15, -0.1) is 0 Å². The fourth-order valence-corrected chi connectivity index (χ4v) is 2.18. The molecule has 2 aromatic rings. The zero-order chi connectivity index (χ0) is 10.8. The summed E-state index contributed by atoms with van der Waals surface area (Å²) in [6, 6.07) is 11.5. The minimum Gasteiger partial charge on any atom is -0.276 e. The van der Waals surface area contributed by atoms with Gasteiger partial charge in [0.25, 0.3) is 5.24 Å². The summed E-state index contributed by atoms with van der Waals surface area (Å²) in [6.45, 7) is 0. The van der Waals surface area contributed by atoms with Crippen LogP contribution in [-0.2, 0) is 5.33 Å². The van der Waals surface area contributed by atoms with Gasteiger partial charge in [-0.1, -0.05) is 40.2 Å². The van der Waals surface area contributed by atoms with E-state index in [9.17, 15) is 4.79 Å². The van der Waals surface area contributed by atoms with Crippen molar-refractivity contribution in [2.75, 3.05) is 0 Å². The third kappa shape index (κ3) is 2.06. The minimum absolute atomic E-state index is 0.415. The zero-order valence-corrected chi connectivity index (χ0v) is 10.2. The smallest absolute Gasteiger partial charge is 0.252 e. The molecule has 0 fully saturated rings. The molecule has 0 aromatic heterocycles. The first kappa shape index (κ1) is 10.7. The second kappa shape index (κ2) is 4.33. The van der Waals surface area contributed by atoms with E-state index in [4.69, 9.17) is 11.6 Å². The van der Waals surface area contributed by atoms with Gasteiger partial charge in [-0.25, -0.2) is 0 Å². The molecule has 15 heavy (non-hydrogen) atoms. The van der Waals surface area contributed by atoms with Crippen LogP contribution in [0.3, 0.4) is 0 Å². The summed E-state index contributed by atoms with van der Waals surface area (Å²) in [5, 5.41) is 2.54. The van der Waals surface area contributed by atoms with Gasteiger partial charge in [-0.05, 0) is 40.1 Å². The van der Waals surface area contributed by atoms with Gasteiger partial charge in [-0.2, -0.15) is 0 Å². The molecule has 0 bridgehead atoms. The quantitative estimate of drug-likeness (QED) is 0.599. The lowest BCUT2D eigenvalue weighted by atomic mass is 10.0. The Morgan fingerprint density at radius 1 is 1.27 bits per heavy atom. The van der Waals surface area contributed by atoms with Crippen LogP contribution in [0.25, 0.3) is 10.8 Å². The van der Waals surface area contributed by atoms with E-state index in [0.29, 0.717) is 5.56 Å². The summed E-state index contributed by atoms with van der Waals surface area (Å²) in [4.78, 5) is 11.0. The highest BCUT2D eigenvalue weighted by molar-refractivity contribution is 9.08. The van der Waals surface area contributed by atoms with Crippen molar-refractivity contribution in [3.63, 3.8) is 0 Å². The van der Waals surface area contributed by atoms with Crippen LogP contribution in [0.1, 0.15) is 15.9 Å². The lowest BCUT2D eigenvalue weighted by Crippen LogP contribution is -1.89. The normalized spacial score (nSPS) is 10.5. The number of rotatable bonds is 2. The lowest BCUT2D eigenvalue weighted by Gasteiger charge is -2.04. The van der Waals surface area contributed by atoms with Crippen LogP contribution < -0.4 is 0 Å². The second-order valence-corrected chi connectivity index (χ2v) is 4.16. The van der Waals surface area contributed by atoms with Crippen molar-refractivity contribution in [2.45, 2.75) is 5.33 Å². The van der Waals surface area contributed by atoms with Crippen molar-refractivity contribution in [1.29, 1.82) is 0 Å². The number of benzene rings is 2. The van der Waals surface area contributed by atoms with Crippen LogP contribution in [0.2, 0.25) is 0 Å². The fourth-order valence-electron chi connectivity index (χ4n) is 1.58. The van der Waals surface area contributed by atoms with Gasteiger partial charge in [0.1, 0.15) is 0 Å². The van der Waals surface area contributed by atoms with E-state index in [0.717, 1.165) is 21.7 Å². The standard InChI is InChI=1S/C12H8BrClO/c13-7-10-3-1-2-8-4-5-9(12(14)15)6-11(8)10/h1-6H,7H2. The van der Waals surface area contributed by atoms with Crippen molar-refractivity contribution in [3.8, 4) is 0 Å². The highest BCUT2D eigenvalue weighted by atomic mass is 79.9. The van der Waals surface area contributed by atoms with Crippen LogP contribution in [0.4, 0.5) is 0 Å². The average Bonchev–Trinajstić information content (AvgIpc) is 2.27. The minimum atomic E-state index is -0.415. The fraction of sp³-hybridized carbons (Fsp3) is 0.0833. The molecule has 76 valence electrons. The van der Waals surface area contributed by atoms with Crippen molar-refractivity contribution < 1.29 is 4.79 Å². The van der Waals surface area contributed by atoms with Crippen molar-refractivity contribution in [1.82, 2.24) is 0 Å². The van der Waals surface area contributed by atoms with Gasteiger partial charge in [0.15, 0.2) is 0 Å². The number of hydrogen-bond donors (Lipinski definition) is 0. The van der Waals surface area contributed by atoms with Gasteiger partial charge in [0.2, 0.25) is 0 Å². The molecule has 3 heteroatoms. The average molecular weight is 284 g/mol. The van der Waals surface area contributed by atoms with E-state index >= 15 is 0 Å². The molecule has 0 amide bonds. The highest BCUT2D eigenvalue weighted by Crippen LogP contribution is 2.22. The highest BCUT2D eigenvalue weighted by Gasteiger charge is 2.05. The molecule has 2 rings (SSSR count). The van der Waals surface area contributed by atoms with Crippen molar-refractivity contribution in [2.24, 2.45) is 0 Å². The molecule has 0 aliphatic carbocycles. The Labute approximate surface area is 101 Å². The maximum atomic E-state index is 11.0. The molecule has 2 aromatic carbocycles. The molecule has 0 aliphatic heterocycles. The summed E-state index contributed by atoms with van der Waals surface area (Å²) < 4.78 is 0. The van der Waals surface area contributed by atoms with E-state index < -0.39 is 5.24 Å². The molecular formula is C12H8BrClO. The third-order valence-corrected chi connectivity index (χ3v) is 3.17. The number of carbonyl (C=O) groups excluding carboxylic acids is 1. The molecule has 0 heterocycles. The molecule has 0 radical (unpaired) electrons. The molecule has 0 saturated heterocycles. The molecule has 0 aliphatic rings. The molecule has 1 nitrogen and oxygen atoms in total. The largest absolute Gasteiger partial charge is 0.276 e. The summed E-state index contributed by atoms with van der Waals surface area (Å²) in [5.74, 6) is 0. The van der Waals surface area contributed by atoms with E-state index in [-0.39, 0.29) is 0 Å². The Bertz CT molecular complexity index is 522. The lowest BCUT2D eigenvalue weighted by molar-refractivity contribution is 0.108.